The van der Waals surface area contributed by atoms with E-state index < -0.39 is 6.03 Å². The van der Waals surface area contributed by atoms with Gasteiger partial charge in [0.25, 0.3) is 0 Å². The number of nitrogens with zero attached hydrogens (tertiary/aromatic N) is 2. The van der Waals surface area contributed by atoms with Crippen LogP contribution in [0.3, 0.4) is 0 Å². The minimum Gasteiger partial charge on any atom is -0.340 e. The minimum atomic E-state index is -0.994. The van der Waals surface area contributed by atoms with Gasteiger partial charge in [-0.1, -0.05) is 88.0 Å². The fraction of sp³-hybridized carbons (Fsp3) is 0.273. The van der Waals surface area contributed by atoms with Gasteiger partial charge in [-0.25, -0.2) is 0 Å². The Kier molecular flexibility index (Phi) is 8.17. The van der Waals surface area contributed by atoms with Crippen LogP contribution in [0.5, 0.6) is 11.5 Å². The molecule has 3 atom stereocenters. The van der Waals surface area contributed by atoms with Crippen molar-refractivity contribution in [3.05, 3.63) is 137 Å². The molecule has 4 aliphatic rings. The van der Waals surface area contributed by atoms with Crippen LogP contribution in [0.25, 0.3) is 11.1 Å². The summed E-state index contributed by atoms with van der Waals surface area (Å²) < 4.78 is 18.9. The van der Waals surface area contributed by atoms with Crippen LogP contribution in [0.2, 0.25) is 0 Å². The SMILES string of the molecule is Cc1cc(C)c2c(c1)C=[N+]1C3CCCCC3[N+]3=Cc4cc(-c5ccc(SCCP(c6ccccc6)c6ccccc6)cc5)cc(C)c4OC13O2. The Hall–Kier alpha value is -4.18. The lowest BCUT2D eigenvalue weighted by atomic mass is 9.91. The molecule has 0 amide bonds. The Morgan fingerprint density at radius 2 is 1.22 bits per heavy atom. The largest absolute Gasteiger partial charge is 0.704 e. The molecule has 5 aromatic carbocycles. The van der Waals surface area contributed by atoms with Gasteiger partial charge in [0, 0.05) is 23.5 Å². The predicted octanol–water partition coefficient (Wildman–Crippen LogP) is 8.79. The highest BCUT2D eigenvalue weighted by Crippen LogP contribution is 2.46. The molecule has 50 heavy (non-hydrogen) atoms. The van der Waals surface area contributed by atoms with E-state index in [1.54, 1.807) is 0 Å². The third kappa shape index (κ3) is 5.50. The standard InChI is InChI=1S/C44H43N2O2PS/c1-30-24-31(2)42-35(25-30)28-45-40-16-10-11-17-41(40)46-29-36-27-34(26-32(3)43(36)48-44(45,46)47-42)33-18-20-39(21-19-33)50-23-22-49(37-12-6-4-7-13-37)38-14-8-5-9-15-38/h4-9,12-15,18-21,24-29,40-41H,10-11,16-17,22-23H2,1-3H3/q+2. The van der Waals surface area contributed by atoms with Crippen molar-refractivity contribution in [1.29, 1.82) is 0 Å². The summed E-state index contributed by atoms with van der Waals surface area (Å²) in [5.74, 6) is 2.92. The van der Waals surface area contributed by atoms with E-state index in [4.69, 9.17) is 9.47 Å². The Morgan fingerprint density at radius 3 is 1.82 bits per heavy atom. The van der Waals surface area contributed by atoms with Crippen LogP contribution in [0.4, 0.5) is 0 Å². The quantitative estimate of drug-likeness (QED) is 0.0968. The van der Waals surface area contributed by atoms with Crippen molar-refractivity contribution >= 4 is 42.7 Å². The molecule has 0 aromatic heterocycles. The van der Waals surface area contributed by atoms with E-state index in [0.29, 0.717) is 12.1 Å². The van der Waals surface area contributed by atoms with Gasteiger partial charge in [-0.3, -0.25) is 0 Å². The van der Waals surface area contributed by atoms with E-state index in [-0.39, 0.29) is 7.92 Å². The second-order valence-corrected chi connectivity index (χ2v) is 17.7. The molecule has 0 bridgehead atoms. The zero-order chi connectivity index (χ0) is 33.8. The van der Waals surface area contributed by atoms with Crippen molar-refractivity contribution < 1.29 is 18.6 Å². The van der Waals surface area contributed by atoms with Crippen LogP contribution in [0.1, 0.15) is 53.5 Å². The van der Waals surface area contributed by atoms with Gasteiger partial charge in [0.2, 0.25) is 12.1 Å². The maximum Gasteiger partial charge on any atom is 0.704 e. The first-order valence-electron chi connectivity index (χ1n) is 18.0. The first kappa shape index (κ1) is 31.8. The zero-order valence-corrected chi connectivity index (χ0v) is 30.7. The predicted molar refractivity (Wildman–Crippen MR) is 208 cm³/mol. The normalized spacial score (nSPS) is 21.4. The van der Waals surface area contributed by atoms with Crippen LogP contribution in [-0.2, 0) is 0 Å². The van der Waals surface area contributed by atoms with Crippen LogP contribution in [0, 0.1) is 20.8 Å². The van der Waals surface area contributed by atoms with E-state index in [1.807, 2.05) is 11.8 Å². The molecular weight excluding hydrogens is 652 g/mol. The second kappa shape index (κ2) is 12.9. The number of aryl methyl sites for hydroxylation is 3. The number of hydrogen-bond acceptors (Lipinski definition) is 3. The highest BCUT2D eigenvalue weighted by atomic mass is 32.2. The number of fused-ring (bicyclic) bond motifs is 5. The average molecular weight is 695 g/mol. The minimum absolute atomic E-state index is 0.342. The second-order valence-electron chi connectivity index (χ2n) is 14.2. The zero-order valence-electron chi connectivity index (χ0n) is 29.0. The molecule has 3 unspecified atom stereocenters. The van der Waals surface area contributed by atoms with E-state index >= 15 is 0 Å². The number of hydrogen-bond donors (Lipinski definition) is 0. The lowest BCUT2D eigenvalue weighted by Gasteiger charge is -2.29. The summed E-state index contributed by atoms with van der Waals surface area (Å²) in [6.07, 6.45) is 10.6. The van der Waals surface area contributed by atoms with Crippen LogP contribution >= 0.6 is 19.7 Å². The molecule has 0 radical (unpaired) electrons. The maximum atomic E-state index is 7.11. The van der Waals surface area contributed by atoms with E-state index in [2.05, 4.69) is 152 Å². The molecule has 3 heterocycles. The van der Waals surface area contributed by atoms with E-state index in [9.17, 15) is 0 Å². The summed E-state index contributed by atoms with van der Waals surface area (Å²) in [5, 5.41) is 2.89. The van der Waals surface area contributed by atoms with Crippen LogP contribution < -0.4 is 20.1 Å². The molecule has 1 aliphatic carbocycles. The summed E-state index contributed by atoms with van der Waals surface area (Å²) in [4.78, 5) is 1.31. The fourth-order valence-electron chi connectivity index (χ4n) is 8.49. The highest BCUT2D eigenvalue weighted by Gasteiger charge is 2.76. The highest BCUT2D eigenvalue weighted by molar-refractivity contribution is 7.99. The molecule has 5 aromatic rings. The summed E-state index contributed by atoms with van der Waals surface area (Å²) in [7, 11) is -0.383. The smallest absolute Gasteiger partial charge is 0.340 e. The summed E-state index contributed by atoms with van der Waals surface area (Å²) in [6, 6.07) is 39.9. The van der Waals surface area contributed by atoms with Crippen molar-refractivity contribution in [2.75, 3.05) is 11.9 Å². The average Bonchev–Trinajstić information content (AvgIpc) is 3.42. The number of ether oxygens (including phenoxy) is 2. The van der Waals surface area contributed by atoms with Gasteiger partial charge in [-0.15, -0.1) is 11.8 Å². The molecule has 0 N–H and O–H groups in total. The topological polar surface area (TPSA) is 24.5 Å². The van der Waals surface area contributed by atoms with E-state index in [1.165, 1.54) is 45.0 Å². The van der Waals surface area contributed by atoms with Gasteiger partial charge in [-0.2, -0.15) is 0 Å². The Bertz CT molecular complexity index is 2110. The third-order valence-corrected chi connectivity index (χ3v) is 14.6. The Balaban J connectivity index is 0.978. The van der Waals surface area contributed by atoms with Gasteiger partial charge in [0.1, 0.15) is 0 Å². The molecule has 3 aliphatic heterocycles. The van der Waals surface area contributed by atoms with Crippen molar-refractivity contribution in [2.24, 2.45) is 0 Å². The number of thioether (sulfide) groups is 1. The summed E-state index contributed by atoms with van der Waals surface area (Å²) in [5.41, 5.74) is 8.25. The van der Waals surface area contributed by atoms with Crippen molar-refractivity contribution in [1.82, 2.24) is 0 Å². The molecule has 250 valence electrons. The molecular formula is C44H43N2O2PS+2. The first-order chi connectivity index (χ1) is 24.5. The first-order valence-corrected chi connectivity index (χ1v) is 20.5. The monoisotopic (exact) mass is 694 g/mol. The molecule has 1 saturated heterocycles. The van der Waals surface area contributed by atoms with Crippen molar-refractivity contribution in [2.45, 2.75) is 69.5 Å². The molecule has 9 rings (SSSR count). The van der Waals surface area contributed by atoms with E-state index in [0.717, 1.165) is 58.5 Å². The number of rotatable bonds is 7. The Morgan fingerprint density at radius 1 is 0.660 bits per heavy atom. The third-order valence-electron chi connectivity index (χ3n) is 10.7. The van der Waals surface area contributed by atoms with Gasteiger partial charge < -0.3 is 9.47 Å². The van der Waals surface area contributed by atoms with Gasteiger partial charge in [0.15, 0.2) is 23.9 Å². The van der Waals surface area contributed by atoms with Crippen LogP contribution in [-0.4, -0.2) is 51.6 Å². The maximum absolute atomic E-state index is 7.11. The lowest BCUT2D eigenvalue weighted by molar-refractivity contribution is -0.866. The number of benzene rings is 5. The Labute approximate surface area is 301 Å². The summed E-state index contributed by atoms with van der Waals surface area (Å²) >= 11 is 1.96. The van der Waals surface area contributed by atoms with Gasteiger partial charge >= 0.3 is 6.03 Å². The molecule has 1 saturated carbocycles. The summed E-state index contributed by atoms with van der Waals surface area (Å²) in [6.45, 7) is 6.48. The van der Waals surface area contributed by atoms with Crippen molar-refractivity contribution in [3.8, 4) is 22.6 Å². The molecule has 1 spiro atoms. The van der Waals surface area contributed by atoms with Gasteiger partial charge in [0.05, 0.1) is 11.1 Å². The fourth-order valence-corrected chi connectivity index (χ4v) is 12.0. The molecule has 4 nitrogen and oxygen atoms in total. The van der Waals surface area contributed by atoms with Gasteiger partial charge in [-0.05, 0) is 116 Å². The van der Waals surface area contributed by atoms with Crippen molar-refractivity contribution in [3.63, 3.8) is 0 Å². The molecule has 2 fully saturated rings. The molecule has 6 heteroatoms. The lowest BCUT2D eigenvalue weighted by Crippen LogP contribution is -2.60. The van der Waals surface area contributed by atoms with Crippen LogP contribution in [0.15, 0.2) is 114 Å².